The zero-order chi connectivity index (χ0) is 21.1. The zero-order valence-corrected chi connectivity index (χ0v) is 18.6. The topological polar surface area (TPSA) is 66.1 Å². The third-order valence-electron chi connectivity index (χ3n) is 4.60. The van der Waals surface area contributed by atoms with Crippen LogP contribution in [0.1, 0.15) is 28.6 Å². The summed E-state index contributed by atoms with van der Waals surface area (Å²) in [4.78, 5) is 16.9. The number of aromatic hydroxyl groups is 1. The molecule has 29 heavy (non-hydrogen) atoms. The molecule has 7 heteroatoms. The molecular formula is C22H25BrN2O4. The van der Waals surface area contributed by atoms with Gasteiger partial charge in [0.2, 0.25) is 0 Å². The molecule has 0 unspecified atom stereocenters. The summed E-state index contributed by atoms with van der Waals surface area (Å²) in [5, 5.41) is 11.0. The molecule has 6 nitrogen and oxygen atoms in total. The average molecular weight is 461 g/mol. The Morgan fingerprint density at radius 3 is 2.48 bits per heavy atom. The largest absolute Gasteiger partial charge is 0.507 e. The quantitative estimate of drug-likeness (QED) is 0.511. The first-order valence-corrected chi connectivity index (χ1v) is 10.2. The van der Waals surface area contributed by atoms with E-state index in [0.29, 0.717) is 39.9 Å². The van der Waals surface area contributed by atoms with Crippen molar-refractivity contribution in [2.24, 2.45) is 0 Å². The first-order valence-electron chi connectivity index (χ1n) is 9.37. The maximum atomic E-state index is 12.9. The van der Waals surface area contributed by atoms with Gasteiger partial charge in [-0.05, 0) is 54.6 Å². The van der Waals surface area contributed by atoms with Crippen LogP contribution >= 0.6 is 15.9 Å². The number of ether oxygens (including phenoxy) is 1. The minimum absolute atomic E-state index is 0.0708. The van der Waals surface area contributed by atoms with Crippen LogP contribution in [0.25, 0.3) is 11.0 Å². The second-order valence-corrected chi connectivity index (χ2v) is 7.90. The molecule has 0 fully saturated rings. The Morgan fingerprint density at radius 1 is 1.17 bits per heavy atom. The summed E-state index contributed by atoms with van der Waals surface area (Å²) in [6.07, 6.45) is 0. The number of furan rings is 1. The Bertz CT molecular complexity index is 1010. The summed E-state index contributed by atoms with van der Waals surface area (Å²) in [5.41, 5.74) is 2.65. The summed E-state index contributed by atoms with van der Waals surface area (Å²) in [6, 6.07) is 11.4. The predicted molar refractivity (Wildman–Crippen MR) is 117 cm³/mol. The molecule has 3 aromatic rings. The van der Waals surface area contributed by atoms with Crippen molar-refractivity contribution in [1.29, 1.82) is 0 Å². The number of carbonyl (C=O) groups excluding carboxylic acids is 1. The Labute approximate surface area is 178 Å². The minimum Gasteiger partial charge on any atom is -0.507 e. The molecule has 0 bridgehead atoms. The van der Waals surface area contributed by atoms with Crippen molar-refractivity contribution in [3.05, 3.63) is 57.8 Å². The fourth-order valence-electron chi connectivity index (χ4n) is 3.33. The summed E-state index contributed by atoms with van der Waals surface area (Å²) < 4.78 is 12.0. The molecule has 0 saturated heterocycles. The third-order valence-corrected chi connectivity index (χ3v) is 5.48. The molecule has 0 aliphatic heterocycles. The molecule has 2 aromatic carbocycles. The maximum absolute atomic E-state index is 12.9. The fourth-order valence-corrected chi connectivity index (χ4v) is 3.77. The van der Waals surface area contributed by atoms with Gasteiger partial charge in [0, 0.05) is 30.7 Å². The average Bonchev–Trinajstić information content (AvgIpc) is 3.03. The first kappa shape index (κ1) is 21.2. The number of rotatable bonds is 7. The van der Waals surface area contributed by atoms with E-state index in [4.69, 9.17) is 9.15 Å². The van der Waals surface area contributed by atoms with Gasteiger partial charge in [-0.25, -0.2) is 4.79 Å². The van der Waals surface area contributed by atoms with Gasteiger partial charge in [-0.2, -0.15) is 0 Å². The number of esters is 1. The van der Waals surface area contributed by atoms with E-state index in [9.17, 15) is 9.90 Å². The number of hydrogen-bond donors (Lipinski definition) is 1. The van der Waals surface area contributed by atoms with Crippen LogP contribution in [0, 0.1) is 0 Å². The number of para-hydroxylation sites is 1. The lowest BCUT2D eigenvalue weighted by molar-refractivity contribution is 0.0525. The second kappa shape index (κ2) is 8.88. The van der Waals surface area contributed by atoms with E-state index in [-0.39, 0.29) is 12.4 Å². The van der Waals surface area contributed by atoms with Crippen LogP contribution in [0.4, 0.5) is 5.69 Å². The predicted octanol–water partition coefficient (Wildman–Crippen LogP) is 4.78. The first-order chi connectivity index (χ1) is 13.8. The summed E-state index contributed by atoms with van der Waals surface area (Å²) in [5.74, 6) is 0.143. The molecule has 1 heterocycles. The van der Waals surface area contributed by atoms with E-state index < -0.39 is 5.97 Å². The molecule has 1 aromatic heterocycles. The molecule has 3 rings (SSSR count). The van der Waals surface area contributed by atoms with Gasteiger partial charge in [-0.15, -0.1) is 0 Å². The van der Waals surface area contributed by atoms with Gasteiger partial charge in [0.1, 0.15) is 22.7 Å². The number of phenols is 1. The Morgan fingerprint density at radius 2 is 1.86 bits per heavy atom. The van der Waals surface area contributed by atoms with E-state index in [2.05, 4.69) is 15.9 Å². The van der Waals surface area contributed by atoms with Crippen molar-refractivity contribution in [2.45, 2.75) is 20.0 Å². The van der Waals surface area contributed by atoms with Gasteiger partial charge in [-0.3, -0.25) is 0 Å². The summed E-state index contributed by atoms with van der Waals surface area (Å²) in [7, 11) is 5.79. The number of nitrogens with zero attached hydrogens (tertiary/aromatic N) is 2. The highest BCUT2D eigenvalue weighted by Crippen LogP contribution is 2.40. The van der Waals surface area contributed by atoms with Gasteiger partial charge in [0.05, 0.1) is 17.6 Å². The van der Waals surface area contributed by atoms with E-state index in [1.165, 1.54) is 6.07 Å². The second-order valence-electron chi connectivity index (χ2n) is 7.11. The number of hydrogen-bond acceptors (Lipinski definition) is 6. The van der Waals surface area contributed by atoms with Crippen LogP contribution in [0.15, 0.2) is 45.3 Å². The molecule has 0 atom stereocenters. The van der Waals surface area contributed by atoms with Crippen molar-refractivity contribution < 1.29 is 19.1 Å². The van der Waals surface area contributed by atoms with Gasteiger partial charge in [0.25, 0.3) is 0 Å². The van der Waals surface area contributed by atoms with Gasteiger partial charge in [-0.1, -0.05) is 18.2 Å². The van der Waals surface area contributed by atoms with Crippen LogP contribution in [0.3, 0.4) is 0 Å². The van der Waals surface area contributed by atoms with E-state index >= 15 is 0 Å². The number of anilines is 1. The molecule has 0 aliphatic carbocycles. The van der Waals surface area contributed by atoms with Crippen molar-refractivity contribution in [2.75, 3.05) is 32.6 Å². The Kier molecular flexibility index (Phi) is 6.49. The third kappa shape index (κ3) is 4.41. The Balaban J connectivity index is 2.18. The van der Waals surface area contributed by atoms with Crippen LogP contribution in [-0.2, 0) is 17.8 Å². The van der Waals surface area contributed by atoms with Crippen LogP contribution < -0.4 is 4.90 Å². The normalized spacial score (nSPS) is 11.2. The lowest BCUT2D eigenvalue weighted by Gasteiger charge is -2.18. The monoisotopic (exact) mass is 460 g/mol. The molecule has 0 saturated carbocycles. The minimum atomic E-state index is -0.430. The van der Waals surface area contributed by atoms with Gasteiger partial charge in [0.15, 0.2) is 0 Å². The summed E-state index contributed by atoms with van der Waals surface area (Å²) in [6.45, 7) is 2.94. The van der Waals surface area contributed by atoms with Crippen LogP contribution in [0.5, 0.6) is 5.75 Å². The molecule has 0 amide bonds. The van der Waals surface area contributed by atoms with Crippen LogP contribution in [0.2, 0.25) is 0 Å². The molecule has 0 spiro atoms. The highest BCUT2D eigenvalue weighted by Gasteiger charge is 2.27. The van der Waals surface area contributed by atoms with Crippen molar-refractivity contribution >= 4 is 38.6 Å². The van der Waals surface area contributed by atoms with E-state index in [1.807, 2.05) is 61.3 Å². The van der Waals surface area contributed by atoms with Crippen molar-refractivity contribution in [1.82, 2.24) is 4.90 Å². The zero-order valence-electron chi connectivity index (χ0n) is 17.0. The Hall–Kier alpha value is -2.51. The van der Waals surface area contributed by atoms with Gasteiger partial charge < -0.3 is 24.1 Å². The lowest BCUT2D eigenvalue weighted by Crippen LogP contribution is -2.18. The standard InChI is InChI=1S/C22H25BrN2O4/c1-5-28-22(27)20-18(13-25(4)14-9-7-6-8-10-14)29-17-11-16(26)21(23)15(19(17)20)12-24(2)3/h6-11,26H,5,12-13H2,1-4H3. The maximum Gasteiger partial charge on any atom is 0.342 e. The fraction of sp³-hybridized carbons (Fsp3) is 0.318. The SMILES string of the molecule is CCOC(=O)c1c(CN(C)c2ccccc2)oc2cc(O)c(Br)c(CN(C)C)c12. The molecule has 0 aliphatic rings. The van der Waals surface area contributed by atoms with Crippen molar-refractivity contribution in [3.8, 4) is 5.75 Å². The lowest BCUT2D eigenvalue weighted by atomic mass is 10.0. The van der Waals surface area contributed by atoms with Gasteiger partial charge >= 0.3 is 5.97 Å². The smallest absolute Gasteiger partial charge is 0.342 e. The number of benzene rings is 2. The molecule has 1 N–H and O–H groups in total. The molecule has 154 valence electrons. The van der Waals surface area contributed by atoms with E-state index in [0.717, 1.165) is 11.3 Å². The highest BCUT2D eigenvalue weighted by atomic mass is 79.9. The number of phenolic OH excluding ortho intramolecular Hbond substituents is 1. The number of fused-ring (bicyclic) bond motifs is 1. The highest BCUT2D eigenvalue weighted by molar-refractivity contribution is 9.10. The molecule has 0 radical (unpaired) electrons. The number of halogens is 1. The molecular weight excluding hydrogens is 436 g/mol. The van der Waals surface area contributed by atoms with Crippen molar-refractivity contribution in [3.63, 3.8) is 0 Å². The van der Waals surface area contributed by atoms with E-state index in [1.54, 1.807) is 6.92 Å². The number of carbonyl (C=O) groups is 1. The van der Waals surface area contributed by atoms with Crippen LogP contribution in [-0.4, -0.2) is 43.7 Å². The summed E-state index contributed by atoms with van der Waals surface area (Å²) >= 11 is 3.47.